The van der Waals surface area contributed by atoms with Crippen LogP contribution in [0, 0.1) is 5.92 Å². The molecule has 1 amide bonds. The quantitative estimate of drug-likeness (QED) is 0.906. The van der Waals surface area contributed by atoms with Gasteiger partial charge in [0.25, 0.3) is 0 Å². The molecule has 1 fully saturated rings. The number of ether oxygens (including phenoxy) is 1. The van der Waals surface area contributed by atoms with E-state index in [9.17, 15) is 4.79 Å². The van der Waals surface area contributed by atoms with Gasteiger partial charge < -0.3 is 15.0 Å². The molecule has 0 aromatic heterocycles. The number of amides is 1. The lowest BCUT2D eigenvalue weighted by molar-refractivity contribution is -0.122. The Kier molecular flexibility index (Phi) is 4.43. The number of piperidine rings is 1. The normalized spacial score (nSPS) is 22.9. The summed E-state index contributed by atoms with van der Waals surface area (Å²) in [6.45, 7) is 2.92. The van der Waals surface area contributed by atoms with E-state index in [0.717, 1.165) is 30.8 Å². The van der Waals surface area contributed by atoms with E-state index < -0.39 is 0 Å². The van der Waals surface area contributed by atoms with Crippen LogP contribution < -0.4 is 15.0 Å². The fraction of sp³-hybridized carbons (Fsp3) is 0.533. The number of nitrogens with one attached hydrogen (secondary N) is 1. The molecule has 1 aromatic carbocycles. The van der Waals surface area contributed by atoms with Gasteiger partial charge in [-0.15, -0.1) is 0 Å². The Morgan fingerprint density at radius 3 is 2.74 bits per heavy atom. The van der Waals surface area contributed by atoms with Crippen molar-refractivity contribution in [3.8, 4) is 5.75 Å². The van der Waals surface area contributed by atoms with Gasteiger partial charge in [0, 0.05) is 19.6 Å². The molecule has 0 spiro atoms. The molecule has 1 N–H and O–H groups in total. The van der Waals surface area contributed by atoms with Crippen LogP contribution in [0.4, 0.5) is 5.69 Å². The van der Waals surface area contributed by atoms with Crippen LogP contribution in [0.1, 0.15) is 19.8 Å². The zero-order valence-electron chi connectivity index (χ0n) is 11.8. The first-order valence-corrected chi connectivity index (χ1v) is 6.77. The van der Waals surface area contributed by atoms with Gasteiger partial charge in [-0.05, 0) is 31.9 Å². The average Bonchev–Trinajstić information content (AvgIpc) is 2.46. The summed E-state index contributed by atoms with van der Waals surface area (Å²) in [5.41, 5.74) is 0.827. The van der Waals surface area contributed by atoms with Crippen LogP contribution in [0.2, 0.25) is 0 Å². The average molecular weight is 262 g/mol. The molecule has 1 heterocycles. The summed E-state index contributed by atoms with van der Waals surface area (Å²) < 4.78 is 5.31. The molecular formula is C15H22N2O2. The monoisotopic (exact) mass is 262 g/mol. The summed E-state index contributed by atoms with van der Waals surface area (Å²) in [5.74, 6) is 0.950. The Hall–Kier alpha value is -1.55. The Morgan fingerprint density at radius 2 is 2.11 bits per heavy atom. The van der Waals surface area contributed by atoms with Crippen molar-refractivity contribution in [2.24, 2.45) is 5.92 Å². The lowest BCUT2D eigenvalue weighted by Crippen LogP contribution is -2.44. The predicted molar refractivity (Wildman–Crippen MR) is 76.6 cm³/mol. The van der Waals surface area contributed by atoms with Crippen molar-refractivity contribution in [1.29, 1.82) is 0 Å². The molecule has 19 heavy (non-hydrogen) atoms. The molecule has 104 valence electrons. The standard InChI is InChI=1S/C15H22N2O2/c1-11-8-9-12(10-16-11)15(18)17(2)13-6-4-5-7-14(13)19-3/h4-7,11-12,16H,8-10H2,1-3H3. The predicted octanol–water partition coefficient (Wildman–Crippen LogP) is 2.05. The number of nitrogens with zero attached hydrogens (tertiary/aromatic N) is 1. The first-order valence-electron chi connectivity index (χ1n) is 6.77. The molecule has 0 radical (unpaired) electrons. The SMILES string of the molecule is COc1ccccc1N(C)C(=O)C1CCC(C)NC1. The Balaban J connectivity index is 2.10. The van der Waals surface area contributed by atoms with Crippen LogP contribution in [-0.4, -0.2) is 32.7 Å². The van der Waals surface area contributed by atoms with Gasteiger partial charge in [0.15, 0.2) is 0 Å². The number of methoxy groups -OCH3 is 1. The fourth-order valence-electron chi connectivity index (χ4n) is 2.51. The molecule has 2 atom stereocenters. The van der Waals surface area contributed by atoms with E-state index in [-0.39, 0.29) is 11.8 Å². The number of hydrogen-bond donors (Lipinski definition) is 1. The van der Waals surface area contributed by atoms with Gasteiger partial charge in [0.05, 0.1) is 18.7 Å². The number of para-hydroxylation sites is 2. The lowest BCUT2D eigenvalue weighted by atomic mass is 9.94. The zero-order chi connectivity index (χ0) is 13.8. The van der Waals surface area contributed by atoms with E-state index in [0.29, 0.717) is 6.04 Å². The molecule has 1 aliphatic rings. The molecule has 1 saturated heterocycles. The van der Waals surface area contributed by atoms with Crippen LogP contribution in [0.3, 0.4) is 0 Å². The van der Waals surface area contributed by atoms with E-state index in [2.05, 4.69) is 12.2 Å². The second kappa shape index (κ2) is 6.06. The summed E-state index contributed by atoms with van der Waals surface area (Å²) in [4.78, 5) is 14.2. The summed E-state index contributed by atoms with van der Waals surface area (Å²) >= 11 is 0. The van der Waals surface area contributed by atoms with Crippen LogP contribution in [0.5, 0.6) is 5.75 Å². The maximum absolute atomic E-state index is 12.5. The van der Waals surface area contributed by atoms with E-state index in [4.69, 9.17) is 4.74 Å². The van der Waals surface area contributed by atoms with Crippen LogP contribution >= 0.6 is 0 Å². The third-order valence-corrected chi connectivity index (χ3v) is 3.79. The van der Waals surface area contributed by atoms with Gasteiger partial charge in [-0.2, -0.15) is 0 Å². The molecule has 2 unspecified atom stereocenters. The van der Waals surface area contributed by atoms with Crippen molar-refractivity contribution in [3.63, 3.8) is 0 Å². The number of hydrogen-bond acceptors (Lipinski definition) is 3. The molecule has 0 aliphatic carbocycles. The second-order valence-corrected chi connectivity index (χ2v) is 5.15. The van der Waals surface area contributed by atoms with Gasteiger partial charge >= 0.3 is 0 Å². The minimum Gasteiger partial charge on any atom is -0.495 e. The van der Waals surface area contributed by atoms with E-state index in [1.807, 2.05) is 31.3 Å². The van der Waals surface area contributed by atoms with Gasteiger partial charge in [0.2, 0.25) is 5.91 Å². The van der Waals surface area contributed by atoms with Crippen LogP contribution in [0.15, 0.2) is 24.3 Å². The number of anilines is 1. The van der Waals surface area contributed by atoms with Crippen molar-refractivity contribution in [2.75, 3.05) is 25.6 Å². The molecule has 1 aliphatic heterocycles. The van der Waals surface area contributed by atoms with Gasteiger partial charge in [-0.3, -0.25) is 4.79 Å². The Bertz CT molecular complexity index is 440. The van der Waals surface area contributed by atoms with Crippen molar-refractivity contribution in [3.05, 3.63) is 24.3 Å². The molecular weight excluding hydrogens is 240 g/mol. The maximum Gasteiger partial charge on any atom is 0.231 e. The Morgan fingerprint density at radius 1 is 1.37 bits per heavy atom. The zero-order valence-corrected chi connectivity index (χ0v) is 11.8. The highest BCUT2D eigenvalue weighted by Crippen LogP contribution is 2.28. The second-order valence-electron chi connectivity index (χ2n) is 5.15. The first kappa shape index (κ1) is 13.9. The smallest absolute Gasteiger partial charge is 0.231 e. The van der Waals surface area contributed by atoms with E-state index in [1.165, 1.54) is 0 Å². The highest BCUT2D eigenvalue weighted by Gasteiger charge is 2.27. The first-order chi connectivity index (χ1) is 9.13. The number of benzene rings is 1. The number of rotatable bonds is 3. The van der Waals surface area contributed by atoms with Crippen molar-refractivity contribution in [2.45, 2.75) is 25.8 Å². The molecule has 2 rings (SSSR count). The minimum atomic E-state index is 0.0612. The van der Waals surface area contributed by atoms with Crippen molar-refractivity contribution in [1.82, 2.24) is 5.32 Å². The molecule has 1 aromatic rings. The fourth-order valence-corrected chi connectivity index (χ4v) is 2.51. The summed E-state index contributed by atoms with van der Waals surface area (Å²) in [7, 11) is 3.44. The van der Waals surface area contributed by atoms with Crippen LogP contribution in [0.25, 0.3) is 0 Å². The van der Waals surface area contributed by atoms with Crippen LogP contribution in [-0.2, 0) is 4.79 Å². The van der Waals surface area contributed by atoms with Gasteiger partial charge in [-0.1, -0.05) is 12.1 Å². The largest absolute Gasteiger partial charge is 0.495 e. The molecule has 0 saturated carbocycles. The summed E-state index contributed by atoms with van der Waals surface area (Å²) in [5, 5.41) is 3.37. The molecule has 0 bridgehead atoms. The molecule has 4 nitrogen and oxygen atoms in total. The number of carbonyl (C=O) groups excluding carboxylic acids is 1. The lowest BCUT2D eigenvalue weighted by Gasteiger charge is -2.30. The number of carbonyl (C=O) groups is 1. The van der Waals surface area contributed by atoms with E-state index >= 15 is 0 Å². The third-order valence-electron chi connectivity index (χ3n) is 3.79. The van der Waals surface area contributed by atoms with Crippen molar-refractivity contribution < 1.29 is 9.53 Å². The van der Waals surface area contributed by atoms with Gasteiger partial charge in [-0.25, -0.2) is 0 Å². The van der Waals surface area contributed by atoms with E-state index in [1.54, 1.807) is 12.0 Å². The summed E-state index contributed by atoms with van der Waals surface area (Å²) in [6, 6.07) is 8.13. The summed E-state index contributed by atoms with van der Waals surface area (Å²) in [6.07, 6.45) is 2.00. The maximum atomic E-state index is 12.5. The van der Waals surface area contributed by atoms with Gasteiger partial charge in [0.1, 0.15) is 5.75 Å². The highest BCUT2D eigenvalue weighted by atomic mass is 16.5. The highest BCUT2D eigenvalue weighted by molar-refractivity contribution is 5.96. The molecule has 4 heteroatoms. The minimum absolute atomic E-state index is 0.0612. The van der Waals surface area contributed by atoms with Crippen molar-refractivity contribution >= 4 is 11.6 Å². The third kappa shape index (κ3) is 3.07. The topological polar surface area (TPSA) is 41.6 Å². The Labute approximate surface area is 114 Å².